The van der Waals surface area contributed by atoms with Gasteiger partial charge in [0.1, 0.15) is 5.82 Å². The molecule has 1 aliphatic rings. The molecule has 0 bridgehead atoms. The third-order valence-corrected chi connectivity index (χ3v) is 5.06. The van der Waals surface area contributed by atoms with E-state index in [1.54, 1.807) is 0 Å². The van der Waals surface area contributed by atoms with Crippen molar-refractivity contribution in [2.45, 2.75) is 15.3 Å². The highest BCUT2D eigenvalue weighted by molar-refractivity contribution is 8.01. The Morgan fingerprint density at radius 2 is 2.19 bits per heavy atom. The first-order valence-corrected chi connectivity index (χ1v) is 7.60. The highest BCUT2D eigenvalue weighted by Crippen LogP contribution is 2.39. The summed E-state index contributed by atoms with van der Waals surface area (Å²) < 4.78 is 14.7. The Kier molecular flexibility index (Phi) is 3.56. The lowest BCUT2D eigenvalue weighted by atomic mass is 10.1. The number of benzene rings is 1. The van der Waals surface area contributed by atoms with E-state index >= 15 is 0 Å². The van der Waals surface area contributed by atoms with Crippen LogP contribution in [-0.2, 0) is 4.79 Å². The van der Waals surface area contributed by atoms with Gasteiger partial charge in [-0.25, -0.2) is 4.39 Å². The molecule has 110 valence electrons. The minimum absolute atomic E-state index is 0.257. The number of hydrogen-bond donors (Lipinski definition) is 2. The number of hydrogen-bond acceptors (Lipinski definition) is 7. The van der Waals surface area contributed by atoms with Crippen molar-refractivity contribution in [1.29, 1.82) is 0 Å². The van der Waals surface area contributed by atoms with Crippen LogP contribution in [0.25, 0.3) is 0 Å². The van der Waals surface area contributed by atoms with Gasteiger partial charge in [0.25, 0.3) is 5.91 Å². The van der Waals surface area contributed by atoms with Crippen LogP contribution in [0, 0.1) is 5.82 Å². The number of aliphatic hydroxyl groups is 1. The average molecular weight is 326 g/mol. The Hall–Kier alpha value is -1.71. The van der Waals surface area contributed by atoms with E-state index in [0.29, 0.717) is 14.9 Å². The maximum Gasteiger partial charge on any atom is 0.257 e. The van der Waals surface area contributed by atoms with Gasteiger partial charge in [-0.2, -0.15) is 0 Å². The van der Waals surface area contributed by atoms with Gasteiger partial charge in [0.05, 0.1) is 4.90 Å². The Balaban J connectivity index is 1.89. The molecule has 1 atom stereocenters. The van der Waals surface area contributed by atoms with E-state index in [1.807, 2.05) is 19.0 Å². The number of fused-ring (bicyclic) bond motifs is 1. The van der Waals surface area contributed by atoms with E-state index in [2.05, 4.69) is 15.5 Å². The largest absolute Gasteiger partial charge is 0.378 e. The summed E-state index contributed by atoms with van der Waals surface area (Å²) in [5.74, 6) is -1.05. The lowest BCUT2D eigenvalue weighted by Crippen LogP contribution is -2.10. The minimum atomic E-state index is -1.31. The zero-order chi connectivity index (χ0) is 15.1. The summed E-state index contributed by atoms with van der Waals surface area (Å²) in [6.45, 7) is 0. The molecule has 0 fully saturated rings. The molecule has 9 heteroatoms. The van der Waals surface area contributed by atoms with Gasteiger partial charge in [-0.1, -0.05) is 23.1 Å². The standard InChI is InChI=1S/C12H11FN4O2S2/c1-17(2)11-15-16-12(21-11)20-8-4-7-5(3-6(8)13)9(18)10(19)14-7/h3-4,9,18H,1-2H3,(H,14,19). The number of nitrogens with zero attached hydrogens (tertiary/aromatic N) is 3. The summed E-state index contributed by atoms with van der Waals surface area (Å²) in [6, 6.07) is 2.67. The van der Waals surface area contributed by atoms with Crippen molar-refractivity contribution in [1.82, 2.24) is 10.2 Å². The molecule has 1 unspecified atom stereocenters. The van der Waals surface area contributed by atoms with E-state index in [1.165, 1.54) is 23.5 Å². The Labute approximate surface area is 128 Å². The van der Waals surface area contributed by atoms with Crippen molar-refractivity contribution in [2.24, 2.45) is 0 Å². The molecular weight excluding hydrogens is 315 g/mol. The van der Waals surface area contributed by atoms with Crippen molar-refractivity contribution >= 4 is 39.8 Å². The SMILES string of the molecule is CN(C)c1nnc(Sc2cc3c(cc2F)C(O)C(=O)N3)s1. The molecule has 0 saturated carbocycles. The number of rotatable bonds is 3. The molecule has 0 spiro atoms. The fourth-order valence-electron chi connectivity index (χ4n) is 1.84. The summed E-state index contributed by atoms with van der Waals surface area (Å²) in [7, 11) is 3.70. The van der Waals surface area contributed by atoms with Gasteiger partial charge in [0.15, 0.2) is 10.4 Å². The second-order valence-electron chi connectivity index (χ2n) is 4.61. The van der Waals surface area contributed by atoms with Gasteiger partial charge in [0.2, 0.25) is 5.13 Å². The second-order valence-corrected chi connectivity index (χ2v) is 6.85. The lowest BCUT2D eigenvalue weighted by molar-refractivity contribution is -0.123. The third-order valence-electron chi connectivity index (χ3n) is 2.88. The van der Waals surface area contributed by atoms with Crippen molar-refractivity contribution < 1.29 is 14.3 Å². The number of anilines is 2. The fourth-order valence-corrected chi connectivity index (χ4v) is 3.61. The molecule has 1 amide bonds. The molecule has 21 heavy (non-hydrogen) atoms. The molecule has 0 aliphatic carbocycles. The monoisotopic (exact) mass is 326 g/mol. The van der Waals surface area contributed by atoms with E-state index in [9.17, 15) is 14.3 Å². The van der Waals surface area contributed by atoms with Crippen LogP contribution in [0.15, 0.2) is 21.4 Å². The predicted molar refractivity (Wildman–Crippen MR) is 78.3 cm³/mol. The molecule has 2 N–H and O–H groups in total. The third kappa shape index (κ3) is 2.59. The van der Waals surface area contributed by atoms with Crippen LogP contribution in [0.1, 0.15) is 11.7 Å². The van der Waals surface area contributed by atoms with E-state index < -0.39 is 17.8 Å². The number of carbonyl (C=O) groups excluding carboxylic acids is 1. The van der Waals surface area contributed by atoms with Gasteiger partial charge in [-0.15, -0.1) is 10.2 Å². The molecule has 2 heterocycles. The Morgan fingerprint density at radius 3 is 2.86 bits per heavy atom. The number of carbonyl (C=O) groups is 1. The number of nitrogens with one attached hydrogen (secondary N) is 1. The Bertz CT molecular complexity index is 719. The maximum absolute atomic E-state index is 14.1. The molecule has 2 aromatic rings. The summed E-state index contributed by atoms with van der Waals surface area (Å²) >= 11 is 2.47. The van der Waals surface area contributed by atoms with Gasteiger partial charge < -0.3 is 15.3 Å². The van der Waals surface area contributed by atoms with E-state index in [0.717, 1.165) is 16.9 Å². The lowest BCUT2D eigenvalue weighted by Gasteiger charge is -2.05. The zero-order valence-corrected chi connectivity index (χ0v) is 12.8. The Morgan fingerprint density at radius 1 is 1.43 bits per heavy atom. The zero-order valence-electron chi connectivity index (χ0n) is 11.1. The number of aliphatic hydroxyl groups excluding tert-OH is 1. The van der Waals surface area contributed by atoms with Crippen LogP contribution in [0.3, 0.4) is 0 Å². The predicted octanol–water partition coefficient (Wildman–Crippen LogP) is 1.88. The molecule has 0 radical (unpaired) electrons. The van der Waals surface area contributed by atoms with Crippen LogP contribution in [0.4, 0.5) is 15.2 Å². The van der Waals surface area contributed by atoms with E-state index in [-0.39, 0.29) is 5.56 Å². The maximum atomic E-state index is 14.1. The highest BCUT2D eigenvalue weighted by atomic mass is 32.2. The van der Waals surface area contributed by atoms with Gasteiger partial charge in [0, 0.05) is 25.3 Å². The van der Waals surface area contributed by atoms with E-state index in [4.69, 9.17) is 0 Å². The summed E-state index contributed by atoms with van der Waals surface area (Å²) in [6.07, 6.45) is -1.31. The molecule has 1 aliphatic heterocycles. The molecule has 0 saturated heterocycles. The van der Waals surface area contributed by atoms with Crippen molar-refractivity contribution in [3.05, 3.63) is 23.5 Å². The smallest absolute Gasteiger partial charge is 0.257 e. The number of aromatic nitrogens is 2. The molecule has 3 rings (SSSR count). The van der Waals surface area contributed by atoms with Crippen LogP contribution in [-0.4, -0.2) is 35.3 Å². The average Bonchev–Trinajstić information content (AvgIpc) is 2.99. The van der Waals surface area contributed by atoms with Gasteiger partial charge in [-0.3, -0.25) is 4.79 Å². The molecule has 1 aromatic heterocycles. The van der Waals surface area contributed by atoms with Crippen molar-refractivity contribution in [3.8, 4) is 0 Å². The van der Waals surface area contributed by atoms with Gasteiger partial charge in [-0.05, 0) is 12.1 Å². The first-order chi connectivity index (χ1) is 9.95. The van der Waals surface area contributed by atoms with Crippen LogP contribution < -0.4 is 10.2 Å². The first-order valence-electron chi connectivity index (χ1n) is 5.97. The highest BCUT2D eigenvalue weighted by Gasteiger charge is 2.30. The van der Waals surface area contributed by atoms with Crippen LogP contribution >= 0.6 is 23.1 Å². The first kappa shape index (κ1) is 14.2. The molecular formula is C12H11FN4O2S2. The molecule has 1 aromatic carbocycles. The normalized spacial score (nSPS) is 16.8. The van der Waals surface area contributed by atoms with Crippen molar-refractivity contribution in [3.63, 3.8) is 0 Å². The van der Waals surface area contributed by atoms with Crippen LogP contribution in [0.2, 0.25) is 0 Å². The number of amides is 1. The fraction of sp³-hybridized carbons (Fsp3) is 0.250. The van der Waals surface area contributed by atoms with Crippen molar-refractivity contribution in [2.75, 3.05) is 24.3 Å². The summed E-state index contributed by atoms with van der Waals surface area (Å²) in [5, 5.41) is 20.8. The summed E-state index contributed by atoms with van der Waals surface area (Å²) in [4.78, 5) is 13.5. The topological polar surface area (TPSA) is 78.3 Å². The second kappa shape index (κ2) is 5.24. The van der Waals surface area contributed by atoms with Crippen LogP contribution in [0.5, 0.6) is 0 Å². The summed E-state index contributed by atoms with van der Waals surface area (Å²) in [5.41, 5.74) is 0.682. The quantitative estimate of drug-likeness (QED) is 0.897. The minimum Gasteiger partial charge on any atom is -0.378 e. The number of halogens is 1. The molecule has 6 nitrogen and oxygen atoms in total. The van der Waals surface area contributed by atoms with Gasteiger partial charge >= 0.3 is 0 Å².